The molecule has 2 aromatic carbocycles. The summed E-state index contributed by atoms with van der Waals surface area (Å²) in [5.74, 6) is -0.663. The third-order valence-electron chi connectivity index (χ3n) is 6.90. The monoisotopic (exact) mass is 516 g/mol. The van der Waals surface area contributed by atoms with Crippen LogP contribution in [-0.4, -0.2) is 36.3 Å². The Morgan fingerprint density at radius 1 is 1.03 bits per heavy atom. The van der Waals surface area contributed by atoms with E-state index in [1.807, 2.05) is 30.3 Å². The maximum atomic E-state index is 13.3. The van der Waals surface area contributed by atoms with Crippen molar-refractivity contribution >= 4 is 5.91 Å². The fourth-order valence-corrected chi connectivity index (χ4v) is 5.29. The van der Waals surface area contributed by atoms with Gasteiger partial charge in [-0.2, -0.15) is 26.3 Å². The van der Waals surface area contributed by atoms with Crippen LogP contribution < -0.4 is 10.6 Å². The zero-order valence-corrected chi connectivity index (χ0v) is 19.1. The van der Waals surface area contributed by atoms with Gasteiger partial charge in [0.25, 0.3) is 0 Å². The molecule has 2 aliphatic heterocycles. The van der Waals surface area contributed by atoms with E-state index >= 15 is 0 Å². The molecule has 4 unspecified atom stereocenters. The molecule has 2 saturated heterocycles. The molecule has 2 bridgehead atoms. The van der Waals surface area contributed by atoms with Gasteiger partial charge in [-0.25, -0.2) is 0 Å². The fourth-order valence-electron chi connectivity index (χ4n) is 5.29. The molecule has 196 valence electrons. The van der Waals surface area contributed by atoms with Crippen LogP contribution in [-0.2, 0) is 34.0 Å². The highest BCUT2D eigenvalue weighted by Crippen LogP contribution is 2.48. The summed E-state index contributed by atoms with van der Waals surface area (Å²) < 4.78 is 85.7. The minimum absolute atomic E-state index is 0.0916. The molecule has 2 aliphatic rings. The number of hydrogen-bond acceptors (Lipinski definition) is 4. The van der Waals surface area contributed by atoms with Crippen molar-refractivity contribution in [1.29, 1.82) is 0 Å². The summed E-state index contributed by atoms with van der Waals surface area (Å²) in [5.41, 5.74) is -3.05. The topological polar surface area (TPSA) is 70.6 Å². The second-order valence-electron chi connectivity index (χ2n) is 9.20. The SMILES string of the molecule is O=C(NCCO)C1CC2(c3ccccc3)NC1CCC2OCc1cc(C(F)(F)F)cc(C(F)(F)F)c1. The van der Waals surface area contributed by atoms with Crippen LogP contribution >= 0.6 is 0 Å². The molecule has 1 amide bonds. The number of rotatable bonds is 7. The molecule has 4 atom stereocenters. The molecule has 4 rings (SSSR count). The second-order valence-corrected chi connectivity index (χ2v) is 9.20. The number of halogens is 6. The summed E-state index contributed by atoms with van der Waals surface area (Å²) in [6, 6.07) is 10.4. The average Bonchev–Trinajstić information content (AvgIpc) is 3.15. The van der Waals surface area contributed by atoms with Gasteiger partial charge in [0.05, 0.1) is 41.9 Å². The highest BCUT2D eigenvalue weighted by molar-refractivity contribution is 5.80. The van der Waals surface area contributed by atoms with E-state index in [9.17, 15) is 31.1 Å². The van der Waals surface area contributed by atoms with Crippen LogP contribution in [0.25, 0.3) is 0 Å². The van der Waals surface area contributed by atoms with E-state index in [2.05, 4.69) is 10.6 Å². The Kier molecular flexibility index (Phi) is 7.36. The minimum atomic E-state index is -4.94. The smallest absolute Gasteiger partial charge is 0.395 e. The number of alkyl halides is 6. The molecule has 0 saturated carbocycles. The fraction of sp³-hybridized carbons (Fsp3) is 0.480. The predicted octanol–water partition coefficient (Wildman–Crippen LogP) is 4.39. The summed E-state index contributed by atoms with van der Waals surface area (Å²) in [4.78, 5) is 12.8. The summed E-state index contributed by atoms with van der Waals surface area (Å²) >= 11 is 0. The number of benzene rings is 2. The number of carbonyl (C=O) groups excluding carboxylic acids is 1. The number of ether oxygens (including phenoxy) is 1. The summed E-state index contributed by atoms with van der Waals surface area (Å²) in [7, 11) is 0. The maximum absolute atomic E-state index is 13.3. The molecular weight excluding hydrogens is 490 g/mol. The molecule has 2 fully saturated rings. The number of hydrogen-bond donors (Lipinski definition) is 3. The van der Waals surface area contributed by atoms with Gasteiger partial charge in [-0.05, 0) is 48.6 Å². The van der Waals surface area contributed by atoms with Crippen molar-refractivity contribution in [2.45, 2.75) is 55.9 Å². The first kappa shape index (κ1) is 26.4. The number of aliphatic hydroxyl groups excluding tert-OH is 1. The third-order valence-corrected chi connectivity index (χ3v) is 6.90. The maximum Gasteiger partial charge on any atom is 0.416 e. The summed E-state index contributed by atoms with van der Waals surface area (Å²) in [6.45, 7) is -0.555. The van der Waals surface area contributed by atoms with Gasteiger partial charge in [0.1, 0.15) is 0 Å². The van der Waals surface area contributed by atoms with Crippen LogP contribution in [0.3, 0.4) is 0 Å². The predicted molar refractivity (Wildman–Crippen MR) is 118 cm³/mol. The molecule has 0 aliphatic carbocycles. The number of piperidine rings is 1. The normalized spacial score (nSPS) is 26.1. The molecule has 5 nitrogen and oxygen atoms in total. The first-order valence-corrected chi connectivity index (χ1v) is 11.6. The van der Waals surface area contributed by atoms with Crippen LogP contribution in [0.15, 0.2) is 48.5 Å². The van der Waals surface area contributed by atoms with Crippen molar-refractivity contribution in [1.82, 2.24) is 10.6 Å². The van der Waals surface area contributed by atoms with E-state index in [4.69, 9.17) is 9.84 Å². The van der Waals surface area contributed by atoms with E-state index in [1.54, 1.807) is 0 Å². The minimum Gasteiger partial charge on any atom is -0.395 e. The van der Waals surface area contributed by atoms with E-state index in [0.29, 0.717) is 31.4 Å². The van der Waals surface area contributed by atoms with Gasteiger partial charge in [-0.15, -0.1) is 0 Å². The number of fused-ring (bicyclic) bond motifs is 2. The summed E-state index contributed by atoms with van der Waals surface area (Å²) in [6.07, 6.45) is -9.16. The van der Waals surface area contributed by atoms with Gasteiger partial charge in [0.2, 0.25) is 5.91 Å². The standard InChI is InChI=1S/C25H26F6N2O3/c26-24(27,28)17-10-15(11-18(12-17)25(29,30)31)14-36-21-7-6-20-19(22(35)32-8-9-34)13-23(21,33-20)16-4-2-1-3-5-16/h1-5,10-12,19-21,33-34H,6-9,13-14H2,(H,32,35). The van der Waals surface area contributed by atoms with Crippen LogP contribution in [0.5, 0.6) is 0 Å². The number of amides is 1. The Bertz CT molecular complexity index is 1040. The number of aliphatic hydroxyl groups is 1. The zero-order valence-electron chi connectivity index (χ0n) is 19.1. The Hall–Kier alpha value is -2.63. The van der Waals surface area contributed by atoms with Gasteiger partial charge < -0.3 is 20.5 Å². The molecule has 36 heavy (non-hydrogen) atoms. The molecule has 2 heterocycles. The van der Waals surface area contributed by atoms with Crippen molar-refractivity contribution in [3.8, 4) is 0 Å². The van der Waals surface area contributed by atoms with E-state index < -0.39 is 47.6 Å². The Labute approximate surface area is 203 Å². The van der Waals surface area contributed by atoms with E-state index in [-0.39, 0.29) is 36.7 Å². The molecule has 0 aromatic heterocycles. The molecule has 0 spiro atoms. The first-order chi connectivity index (χ1) is 16.9. The average molecular weight is 516 g/mol. The molecular formula is C25H26F6N2O3. The lowest BCUT2D eigenvalue weighted by molar-refractivity contribution is -0.143. The largest absolute Gasteiger partial charge is 0.416 e. The second kappa shape index (κ2) is 10.0. The van der Waals surface area contributed by atoms with Crippen molar-refractivity contribution in [3.63, 3.8) is 0 Å². The van der Waals surface area contributed by atoms with Gasteiger partial charge >= 0.3 is 12.4 Å². The first-order valence-electron chi connectivity index (χ1n) is 11.6. The molecule has 11 heteroatoms. The molecule has 2 aromatic rings. The van der Waals surface area contributed by atoms with Gasteiger partial charge in [0, 0.05) is 12.6 Å². The van der Waals surface area contributed by atoms with Gasteiger partial charge in [0.15, 0.2) is 0 Å². The van der Waals surface area contributed by atoms with Crippen molar-refractivity contribution in [2.75, 3.05) is 13.2 Å². The Balaban J connectivity index is 1.62. The zero-order chi connectivity index (χ0) is 26.1. The number of carbonyl (C=O) groups is 1. The van der Waals surface area contributed by atoms with Crippen LogP contribution in [0.2, 0.25) is 0 Å². The van der Waals surface area contributed by atoms with Crippen LogP contribution in [0.1, 0.15) is 41.5 Å². The molecule has 3 N–H and O–H groups in total. The Morgan fingerprint density at radius 2 is 1.67 bits per heavy atom. The van der Waals surface area contributed by atoms with Gasteiger partial charge in [-0.1, -0.05) is 30.3 Å². The van der Waals surface area contributed by atoms with Crippen LogP contribution in [0, 0.1) is 5.92 Å². The lowest BCUT2D eigenvalue weighted by Gasteiger charge is -2.42. The quantitative estimate of drug-likeness (QED) is 0.478. The van der Waals surface area contributed by atoms with Crippen molar-refractivity contribution in [3.05, 3.63) is 70.8 Å². The Morgan fingerprint density at radius 3 is 2.25 bits per heavy atom. The highest BCUT2D eigenvalue weighted by Gasteiger charge is 2.56. The lowest BCUT2D eigenvalue weighted by atomic mass is 9.80. The third kappa shape index (κ3) is 5.37. The van der Waals surface area contributed by atoms with Crippen molar-refractivity contribution < 1.29 is 41.0 Å². The van der Waals surface area contributed by atoms with Crippen LogP contribution in [0.4, 0.5) is 26.3 Å². The lowest BCUT2D eigenvalue weighted by Crippen LogP contribution is -2.54. The van der Waals surface area contributed by atoms with E-state index in [1.165, 1.54) is 0 Å². The van der Waals surface area contributed by atoms with Crippen molar-refractivity contribution in [2.24, 2.45) is 5.92 Å². The summed E-state index contributed by atoms with van der Waals surface area (Å²) in [5, 5.41) is 15.2. The highest BCUT2D eigenvalue weighted by atomic mass is 19.4. The molecule has 0 radical (unpaired) electrons. The number of nitrogens with one attached hydrogen (secondary N) is 2. The van der Waals surface area contributed by atoms with Gasteiger partial charge in [-0.3, -0.25) is 4.79 Å². The van der Waals surface area contributed by atoms with E-state index in [0.717, 1.165) is 5.56 Å².